The molecule has 5 atom stereocenters. The summed E-state index contributed by atoms with van der Waals surface area (Å²) in [4.78, 5) is 59.9. The number of allylic oxidation sites excluding steroid dienone is 1. The highest BCUT2D eigenvalue weighted by Gasteiger charge is 2.62. The molecular weight excluding hydrogens is 739 g/mol. The van der Waals surface area contributed by atoms with Gasteiger partial charge in [-0.2, -0.15) is 0 Å². The van der Waals surface area contributed by atoms with Gasteiger partial charge in [0.1, 0.15) is 23.7 Å². The normalized spacial score (nSPS) is 28.0. The molecule has 8 rings (SSSR count). The first-order chi connectivity index (χ1) is 26.9. The molecule has 3 saturated carbocycles. The Balaban J connectivity index is 1.13. The Kier molecular flexibility index (Phi) is 10.3. The van der Waals surface area contributed by atoms with Crippen LogP contribution in [0.5, 0.6) is 5.88 Å². The molecule has 5 aliphatic rings. The van der Waals surface area contributed by atoms with Gasteiger partial charge in [-0.25, -0.2) is 17.9 Å². The first-order valence-corrected chi connectivity index (χ1v) is 21.2. The summed E-state index contributed by atoms with van der Waals surface area (Å²) in [6.07, 6.45) is 6.59. The standard InChI is InChI=1S/C40H49N7O8S/c1-25(2)54-39(51)41-32-24-45(27-16-17-27)20-10-4-5-11-26-22-40(26,38(50)44-56(52,53)30-18-19-30)42-35(48)34-21-29(23-46(34)37(32)49)55-36-31-14-8-9-15-33(31)47(43-36)28-12-6-3-7-13-28/h3,5-9,11-15,25-27,29-30,32,34H,4,10,16-24H2,1-2H3,(H,41,51)(H,42,48)(H,44,50)/b11-5-/t26?,29-,32+,34+,40-/m1/s1. The second kappa shape index (κ2) is 15.2. The number of benzene rings is 2. The largest absolute Gasteiger partial charge is 0.471 e. The van der Waals surface area contributed by atoms with Gasteiger partial charge in [0.2, 0.25) is 27.7 Å². The van der Waals surface area contributed by atoms with E-state index in [-0.39, 0.29) is 32.0 Å². The number of rotatable bonds is 9. The summed E-state index contributed by atoms with van der Waals surface area (Å²) >= 11 is 0. The molecule has 15 nitrogen and oxygen atoms in total. The molecule has 16 heteroatoms. The van der Waals surface area contributed by atoms with Crippen LogP contribution >= 0.6 is 0 Å². The molecule has 298 valence electrons. The molecule has 1 unspecified atom stereocenters. The van der Waals surface area contributed by atoms with Gasteiger partial charge >= 0.3 is 6.09 Å². The lowest BCUT2D eigenvalue weighted by atomic mass is 10.1. The predicted octanol–water partition coefficient (Wildman–Crippen LogP) is 3.17. The summed E-state index contributed by atoms with van der Waals surface area (Å²) in [6.45, 7) is 4.32. The summed E-state index contributed by atoms with van der Waals surface area (Å²) in [6, 6.07) is 15.3. The SMILES string of the molecule is CC(C)OC(=O)N[C@H]1CN(C2CC2)CCC/C=C\C2C[C@@]2(C(=O)NS(=O)(=O)C2CC2)NC(=O)[C@@H]2C[C@@H](Oc3nn(-c4ccccc4)c4ccccc34)CN2C1=O. The van der Waals surface area contributed by atoms with Crippen molar-refractivity contribution in [1.82, 2.24) is 34.9 Å². The summed E-state index contributed by atoms with van der Waals surface area (Å²) < 4.78 is 41.8. The Morgan fingerprint density at radius 2 is 1.75 bits per heavy atom. The van der Waals surface area contributed by atoms with Crippen LogP contribution in [-0.4, -0.2) is 113 Å². The van der Waals surface area contributed by atoms with Gasteiger partial charge < -0.3 is 25.0 Å². The minimum atomic E-state index is -3.90. The van der Waals surface area contributed by atoms with Crippen LogP contribution in [-0.2, 0) is 29.1 Å². The Hall–Kier alpha value is -4.96. The van der Waals surface area contributed by atoms with Gasteiger partial charge in [0, 0.05) is 24.9 Å². The van der Waals surface area contributed by atoms with E-state index in [0.29, 0.717) is 31.7 Å². The molecule has 0 radical (unpaired) electrons. The van der Waals surface area contributed by atoms with E-state index in [1.165, 1.54) is 4.90 Å². The first kappa shape index (κ1) is 37.9. The highest BCUT2D eigenvalue weighted by Crippen LogP contribution is 2.46. The fraction of sp³-hybridized carbons (Fsp3) is 0.525. The second-order valence-corrected chi connectivity index (χ2v) is 17.9. The van der Waals surface area contributed by atoms with Crippen LogP contribution in [0.3, 0.4) is 0 Å². The first-order valence-electron chi connectivity index (χ1n) is 19.7. The number of hydrogen-bond acceptors (Lipinski definition) is 10. The molecule has 3 aliphatic carbocycles. The van der Waals surface area contributed by atoms with E-state index in [9.17, 15) is 27.6 Å². The number of nitrogens with one attached hydrogen (secondary N) is 3. The van der Waals surface area contributed by atoms with E-state index in [4.69, 9.17) is 14.6 Å². The number of para-hydroxylation sites is 2. The molecule has 1 aromatic heterocycles. The maximum atomic E-state index is 14.8. The molecule has 4 amide bonds. The topological polar surface area (TPSA) is 181 Å². The van der Waals surface area contributed by atoms with E-state index >= 15 is 0 Å². The van der Waals surface area contributed by atoms with Gasteiger partial charge in [0.05, 0.1) is 34.5 Å². The van der Waals surface area contributed by atoms with Crippen molar-refractivity contribution in [2.75, 3.05) is 19.6 Å². The van der Waals surface area contributed by atoms with Crippen LogP contribution in [0.2, 0.25) is 0 Å². The van der Waals surface area contributed by atoms with Crippen molar-refractivity contribution in [3.8, 4) is 11.6 Å². The van der Waals surface area contributed by atoms with Crippen LogP contribution in [0.25, 0.3) is 16.6 Å². The quantitative estimate of drug-likeness (QED) is 0.273. The molecule has 3 aromatic rings. The van der Waals surface area contributed by atoms with Crippen molar-refractivity contribution in [3.05, 3.63) is 66.7 Å². The Morgan fingerprint density at radius 3 is 2.48 bits per heavy atom. The third-order valence-electron chi connectivity index (χ3n) is 11.2. The highest BCUT2D eigenvalue weighted by molar-refractivity contribution is 7.91. The zero-order valence-corrected chi connectivity index (χ0v) is 32.5. The van der Waals surface area contributed by atoms with Crippen LogP contribution in [0.1, 0.15) is 65.2 Å². The number of nitrogens with zero attached hydrogens (tertiary/aromatic N) is 4. The smallest absolute Gasteiger partial charge is 0.408 e. The van der Waals surface area contributed by atoms with Crippen LogP contribution < -0.4 is 20.1 Å². The lowest BCUT2D eigenvalue weighted by molar-refractivity contribution is -0.141. The molecule has 0 bridgehead atoms. The van der Waals surface area contributed by atoms with Crippen molar-refractivity contribution < 1.29 is 37.1 Å². The monoisotopic (exact) mass is 787 g/mol. The number of fused-ring (bicyclic) bond motifs is 3. The molecule has 3 heterocycles. The minimum Gasteiger partial charge on any atom is -0.471 e. The fourth-order valence-electron chi connectivity index (χ4n) is 7.94. The number of hydrogen-bond donors (Lipinski definition) is 3. The van der Waals surface area contributed by atoms with Gasteiger partial charge in [-0.05, 0) is 89.6 Å². The zero-order valence-electron chi connectivity index (χ0n) is 31.6. The fourth-order valence-corrected chi connectivity index (χ4v) is 9.30. The molecule has 3 N–H and O–H groups in total. The van der Waals surface area contributed by atoms with Crippen LogP contribution in [0, 0.1) is 5.92 Å². The molecule has 2 aliphatic heterocycles. The van der Waals surface area contributed by atoms with Crippen molar-refractivity contribution in [1.29, 1.82) is 0 Å². The van der Waals surface area contributed by atoms with Gasteiger partial charge in [-0.15, -0.1) is 5.10 Å². The van der Waals surface area contributed by atoms with Crippen molar-refractivity contribution >= 4 is 44.7 Å². The Labute approximate surface area is 326 Å². The molecule has 2 aromatic carbocycles. The number of carbonyl (C=O) groups excluding carboxylic acids is 4. The lowest BCUT2D eigenvalue weighted by Crippen LogP contribution is -2.59. The maximum Gasteiger partial charge on any atom is 0.408 e. The maximum absolute atomic E-state index is 14.8. The van der Waals surface area contributed by atoms with Crippen LogP contribution in [0.4, 0.5) is 4.79 Å². The number of amides is 4. The van der Waals surface area contributed by atoms with Crippen molar-refractivity contribution in [2.24, 2.45) is 5.92 Å². The van der Waals surface area contributed by atoms with E-state index in [2.05, 4.69) is 20.3 Å². The van der Waals surface area contributed by atoms with Gasteiger partial charge in [0.25, 0.3) is 5.91 Å². The van der Waals surface area contributed by atoms with Crippen molar-refractivity contribution in [3.63, 3.8) is 0 Å². The molecule has 56 heavy (non-hydrogen) atoms. The third-order valence-corrected chi connectivity index (χ3v) is 13.1. The molecule has 1 saturated heterocycles. The minimum absolute atomic E-state index is 0.0110. The lowest BCUT2D eigenvalue weighted by Gasteiger charge is -2.32. The zero-order chi connectivity index (χ0) is 39.2. The summed E-state index contributed by atoms with van der Waals surface area (Å²) in [5.74, 6) is -1.99. The Morgan fingerprint density at radius 1 is 1.00 bits per heavy atom. The highest BCUT2D eigenvalue weighted by atomic mass is 32.2. The van der Waals surface area contributed by atoms with Gasteiger partial charge in [0.15, 0.2) is 0 Å². The second-order valence-electron chi connectivity index (χ2n) is 15.9. The van der Waals surface area contributed by atoms with E-state index in [0.717, 1.165) is 35.9 Å². The Bertz CT molecular complexity index is 2130. The third kappa shape index (κ3) is 7.99. The molecular formula is C40H49N7O8S. The van der Waals surface area contributed by atoms with E-state index < -0.39 is 74.8 Å². The van der Waals surface area contributed by atoms with E-state index in [1.807, 2.05) is 66.7 Å². The summed E-state index contributed by atoms with van der Waals surface area (Å²) in [5.41, 5.74) is 0.132. The summed E-state index contributed by atoms with van der Waals surface area (Å²) in [7, 11) is -3.90. The average Bonchev–Trinajstić information content (AvgIpc) is 4.09. The number of ether oxygens (including phenoxy) is 2. The summed E-state index contributed by atoms with van der Waals surface area (Å²) in [5, 5.41) is 10.6. The number of carbonyl (C=O) groups is 4. The van der Waals surface area contributed by atoms with Gasteiger partial charge in [-0.1, -0.05) is 42.5 Å². The number of aromatic nitrogens is 2. The van der Waals surface area contributed by atoms with Crippen LogP contribution in [0.15, 0.2) is 66.7 Å². The van der Waals surface area contributed by atoms with E-state index in [1.54, 1.807) is 18.5 Å². The predicted molar refractivity (Wildman–Crippen MR) is 206 cm³/mol. The number of alkyl carbamates (subject to hydrolysis) is 1. The van der Waals surface area contributed by atoms with Crippen molar-refractivity contribution in [2.45, 2.75) is 106 Å². The van der Waals surface area contributed by atoms with Gasteiger partial charge in [-0.3, -0.25) is 24.0 Å². The average molecular weight is 788 g/mol. The molecule has 0 spiro atoms. The number of sulfonamides is 1. The molecule has 4 fully saturated rings.